The third kappa shape index (κ3) is 4.72. The SMILES string of the molecule is CC1CCN(CC(O)CN2CCC(C(N)=O)CC2)CC1. The van der Waals surface area contributed by atoms with Gasteiger partial charge in [-0.25, -0.2) is 0 Å². The molecule has 2 aliphatic rings. The van der Waals surface area contributed by atoms with E-state index in [0.29, 0.717) is 0 Å². The van der Waals surface area contributed by atoms with Gasteiger partial charge >= 0.3 is 0 Å². The average molecular weight is 283 g/mol. The summed E-state index contributed by atoms with van der Waals surface area (Å²) in [5.41, 5.74) is 5.34. The summed E-state index contributed by atoms with van der Waals surface area (Å²) >= 11 is 0. The van der Waals surface area contributed by atoms with E-state index in [9.17, 15) is 9.90 Å². The van der Waals surface area contributed by atoms with Crippen LogP contribution in [0.4, 0.5) is 0 Å². The highest BCUT2D eigenvalue weighted by molar-refractivity contribution is 5.76. The number of amides is 1. The standard InChI is InChI=1S/C15H29N3O2/c1-12-2-6-17(7-3-12)10-14(19)11-18-8-4-13(5-9-18)15(16)20/h12-14,19H,2-11H2,1H3,(H2,16,20). The first-order chi connectivity index (χ1) is 9.54. The summed E-state index contributed by atoms with van der Waals surface area (Å²) in [5, 5.41) is 10.2. The summed E-state index contributed by atoms with van der Waals surface area (Å²) in [7, 11) is 0. The molecule has 20 heavy (non-hydrogen) atoms. The van der Waals surface area contributed by atoms with Gasteiger partial charge in [0.25, 0.3) is 0 Å². The van der Waals surface area contributed by atoms with E-state index < -0.39 is 0 Å². The van der Waals surface area contributed by atoms with Gasteiger partial charge in [-0.05, 0) is 57.8 Å². The quantitative estimate of drug-likeness (QED) is 0.760. The Labute approximate surface area is 122 Å². The van der Waals surface area contributed by atoms with Crippen molar-refractivity contribution in [3.8, 4) is 0 Å². The fourth-order valence-electron chi connectivity index (χ4n) is 3.30. The molecule has 0 aliphatic carbocycles. The Morgan fingerprint density at radius 2 is 1.55 bits per heavy atom. The molecule has 5 heteroatoms. The van der Waals surface area contributed by atoms with Gasteiger partial charge in [-0.1, -0.05) is 6.92 Å². The molecule has 0 saturated carbocycles. The van der Waals surface area contributed by atoms with E-state index in [0.717, 1.165) is 58.0 Å². The van der Waals surface area contributed by atoms with Crippen molar-refractivity contribution < 1.29 is 9.90 Å². The van der Waals surface area contributed by atoms with Crippen molar-refractivity contribution in [1.29, 1.82) is 0 Å². The molecule has 2 aliphatic heterocycles. The predicted molar refractivity (Wildman–Crippen MR) is 79.2 cm³/mol. The Balaban J connectivity index is 1.65. The van der Waals surface area contributed by atoms with Crippen molar-refractivity contribution in [2.45, 2.75) is 38.7 Å². The van der Waals surface area contributed by atoms with Crippen molar-refractivity contribution in [2.24, 2.45) is 17.6 Å². The van der Waals surface area contributed by atoms with Crippen molar-refractivity contribution >= 4 is 5.91 Å². The molecule has 5 nitrogen and oxygen atoms in total. The summed E-state index contributed by atoms with van der Waals surface area (Å²) in [5.74, 6) is 0.691. The molecule has 0 spiro atoms. The number of likely N-dealkylation sites (tertiary alicyclic amines) is 2. The second kappa shape index (κ2) is 7.38. The number of hydrogen-bond donors (Lipinski definition) is 2. The third-order valence-electron chi connectivity index (χ3n) is 4.80. The molecule has 3 N–H and O–H groups in total. The lowest BCUT2D eigenvalue weighted by atomic mass is 9.96. The molecule has 116 valence electrons. The fourth-order valence-corrected chi connectivity index (χ4v) is 3.30. The number of nitrogens with zero attached hydrogens (tertiary/aromatic N) is 2. The van der Waals surface area contributed by atoms with Crippen LogP contribution in [0.1, 0.15) is 32.6 Å². The molecule has 0 aromatic heterocycles. The highest BCUT2D eigenvalue weighted by atomic mass is 16.3. The molecule has 0 bridgehead atoms. The Hall–Kier alpha value is -0.650. The smallest absolute Gasteiger partial charge is 0.220 e. The minimum atomic E-state index is -0.284. The van der Waals surface area contributed by atoms with Crippen LogP contribution < -0.4 is 5.73 Å². The van der Waals surface area contributed by atoms with Crippen LogP contribution in [-0.4, -0.2) is 66.2 Å². The van der Waals surface area contributed by atoms with Crippen molar-refractivity contribution in [3.63, 3.8) is 0 Å². The molecule has 2 heterocycles. The number of primary amides is 1. The second-order valence-corrected chi connectivity index (χ2v) is 6.61. The van der Waals surface area contributed by atoms with Gasteiger partial charge in [0.2, 0.25) is 5.91 Å². The molecule has 0 radical (unpaired) electrons. The van der Waals surface area contributed by atoms with Crippen molar-refractivity contribution in [3.05, 3.63) is 0 Å². The Morgan fingerprint density at radius 3 is 2.00 bits per heavy atom. The number of nitrogens with two attached hydrogens (primary N) is 1. The number of piperidine rings is 2. The molecule has 2 rings (SSSR count). The number of carbonyl (C=O) groups excluding carboxylic acids is 1. The van der Waals surface area contributed by atoms with E-state index in [1.165, 1.54) is 12.8 Å². The van der Waals surface area contributed by atoms with Gasteiger partial charge in [0.1, 0.15) is 0 Å². The molecule has 0 aromatic rings. The largest absolute Gasteiger partial charge is 0.390 e. The predicted octanol–water partition coefficient (Wildman–Crippen LogP) is 0.277. The third-order valence-corrected chi connectivity index (χ3v) is 4.80. The van der Waals surface area contributed by atoms with Gasteiger partial charge in [0, 0.05) is 19.0 Å². The van der Waals surface area contributed by atoms with Crippen molar-refractivity contribution in [2.75, 3.05) is 39.3 Å². The van der Waals surface area contributed by atoms with Crippen molar-refractivity contribution in [1.82, 2.24) is 9.80 Å². The lowest BCUT2D eigenvalue weighted by Gasteiger charge is -2.35. The first-order valence-corrected chi connectivity index (χ1v) is 7.96. The Kier molecular flexibility index (Phi) is 5.81. The average Bonchev–Trinajstić information content (AvgIpc) is 2.42. The summed E-state index contributed by atoms with van der Waals surface area (Å²) in [4.78, 5) is 15.8. The maximum atomic E-state index is 11.1. The summed E-state index contributed by atoms with van der Waals surface area (Å²) < 4.78 is 0. The maximum absolute atomic E-state index is 11.1. The van der Waals surface area contributed by atoms with E-state index in [-0.39, 0.29) is 17.9 Å². The Morgan fingerprint density at radius 1 is 1.10 bits per heavy atom. The summed E-state index contributed by atoms with van der Waals surface area (Å²) in [6, 6.07) is 0. The minimum absolute atomic E-state index is 0.0342. The van der Waals surface area contributed by atoms with E-state index in [4.69, 9.17) is 5.73 Å². The van der Waals surface area contributed by atoms with Gasteiger partial charge in [0.05, 0.1) is 6.10 Å². The van der Waals surface area contributed by atoms with Gasteiger partial charge in [-0.3, -0.25) is 4.79 Å². The minimum Gasteiger partial charge on any atom is -0.390 e. The van der Waals surface area contributed by atoms with Gasteiger partial charge in [-0.2, -0.15) is 0 Å². The highest BCUT2D eigenvalue weighted by Gasteiger charge is 2.25. The van der Waals surface area contributed by atoms with E-state index in [1.807, 2.05) is 0 Å². The number of aliphatic hydroxyl groups excluding tert-OH is 1. The number of β-amino-alcohol motifs (C(OH)–C–C–N with tert-alkyl or cyclic N) is 1. The summed E-state index contributed by atoms with van der Waals surface area (Å²) in [6.07, 6.45) is 3.88. The van der Waals surface area contributed by atoms with Crippen LogP contribution in [0.5, 0.6) is 0 Å². The monoisotopic (exact) mass is 283 g/mol. The zero-order valence-corrected chi connectivity index (χ0v) is 12.6. The molecule has 1 unspecified atom stereocenters. The van der Waals surface area contributed by atoms with Crippen LogP contribution in [0, 0.1) is 11.8 Å². The Bertz CT molecular complexity index is 308. The molecule has 0 aromatic carbocycles. The lowest BCUT2D eigenvalue weighted by molar-refractivity contribution is -0.123. The first-order valence-electron chi connectivity index (χ1n) is 7.96. The molecule has 2 fully saturated rings. The first kappa shape index (κ1) is 15.7. The number of hydrogen-bond acceptors (Lipinski definition) is 4. The molecule has 1 amide bonds. The van der Waals surface area contributed by atoms with Crippen LogP contribution in [0.2, 0.25) is 0 Å². The summed E-state index contributed by atoms with van der Waals surface area (Å²) in [6.45, 7) is 7.78. The fraction of sp³-hybridized carbons (Fsp3) is 0.933. The van der Waals surface area contributed by atoms with E-state index >= 15 is 0 Å². The number of aliphatic hydroxyl groups is 1. The molecule has 2 saturated heterocycles. The van der Waals surface area contributed by atoms with Crippen LogP contribution >= 0.6 is 0 Å². The topological polar surface area (TPSA) is 69.8 Å². The van der Waals surface area contributed by atoms with E-state index in [2.05, 4.69) is 16.7 Å². The molecular weight excluding hydrogens is 254 g/mol. The van der Waals surface area contributed by atoms with Gasteiger partial charge in [0.15, 0.2) is 0 Å². The van der Waals surface area contributed by atoms with E-state index in [1.54, 1.807) is 0 Å². The normalized spacial score (nSPS) is 25.7. The van der Waals surface area contributed by atoms with Gasteiger partial charge in [-0.15, -0.1) is 0 Å². The van der Waals surface area contributed by atoms with Crippen LogP contribution in [0.3, 0.4) is 0 Å². The molecule has 1 atom stereocenters. The number of rotatable bonds is 5. The zero-order valence-electron chi connectivity index (χ0n) is 12.6. The number of carbonyl (C=O) groups is 1. The van der Waals surface area contributed by atoms with Crippen LogP contribution in [0.25, 0.3) is 0 Å². The molecular formula is C15H29N3O2. The van der Waals surface area contributed by atoms with Gasteiger partial charge < -0.3 is 20.6 Å². The maximum Gasteiger partial charge on any atom is 0.220 e. The van der Waals surface area contributed by atoms with Crippen LogP contribution in [0.15, 0.2) is 0 Å². The highest BCUT2D eigenvalue weighted by Crippen LogP contribution is 2.18. The second-order valence-electron chi connectivity index (χ2n) is 6.61. The lowest BCUT2D eigenvalue weighted by Crippen LogP contribution is -2.46. The zero-order chi connectivity index (χ0) is 14.5. The van der Waals surface area contributed by atoms with Crippen LogP contribution in [-0.2, 0) is 4.79 Å².